The van der Waals surface area contributed by atoms with Crippen LogP contribution >= 0.6 is 27.5 Å². The van der Waals surface area contributed by atoms with Crippen molar-refractivity contribution in [3.63, 3.8) is 0 Å². The molecule has 1 atom stereocenters. The van der Waals surface area contributed by atoms with Crippen molar-refractivity contribution in [1.29, 1.82) is 0 Å². The Kier molecular flexibility index (Phi) is 6.73. The van der Waals surface area contributed by atoms with Crippen molar-refractivity contribution >= 4 is 44.6 Å². The maximum absolute atomic E-state index is 13.2. The van der Waals surface area contributed by atoms with Gasteiger partial charge in [-0.2, -0.15) is 9.78 Å². The summed E-state index contributed by atoms with van der Waals surface area (Å²) < 4.78 is 7.69. The Labute approximate surface area is 182 Å². The lowest BCUT2D eigenvalue weighted by atomic mass is 10.1. The third-order valence-corrected chi connectivity index (χ3v) is 5.21. The maximum atomic E-state index is 13.2. The highest BCUT2D eigenvalue weighted by Gasteiger charge is 2.16. The second-order valence-electron chi connectivity index (χ2n) is 6.48. The van der Waals surface area contributed by atoms with Crippen LogP contribution in [-0.2, 0) is 0 Å². The number of nitrogens with zero attached hydrogens (tertiary/aromatic N) is 3. The van der Waals surface area contributed by atoms with E-state index in [1.165, 1.54) is 10.9 Å². The molecule has 0 saturated carbocycles. The van der Waals surface area contributed by atoms with Crippen molar-refractivity contribution in [2.45, 2.75) is 26.2 Å². The van der Waals surface area contributed by atoms with E-state index in [0.29, 0.717) is 33.1 Å². The zero-order valence-electron chi connectivity index (χ0n) is 16.0. The van der Waals surface area contributed by atoms with Crippen LogP contribution in [0.25, 0.3) is 10.9 Å². The minimum absolute atomic E-state index is 0.0458. The molecule has 0 aliphatic carbocycles. The third-order valence-electron chi connectivity index (χ3n) is 4.48. The van der Waals surface area contributed by atoms with Crippen molar-refractivity contribution in [3.8, 4) is 18.1 Å². The van der Waals surface area contributed by atoms with E-state index < -0.39 is 0 Å². The number of halogens is 2. The summed E-state index contributed by atoms with van der Waals surface area (Å²) in [4.78, 5) is 17.9. The minimum atomic E-state index is -0.240. The topological polar surface area (TPSA) is 56.5 Å². The zero-order valence-corrected chi connectivity index (χ0v) is 18.4. The van der Waals surface area contributed by atoms with Gasteiger partial charge in [0.2, 0.25) is 0 Å². The molecule has 3 aromatic rings. The maximum Gasteiger partial charge on any atom is 0.282 e. The van der Waals surface area contributed by atoms with E-state index in [1.54, 1.807) is 24.3 Å². The minimum Gasteiger partial charge on any atom is -0.480 e. The lowest BCUT2D eigenvalue weighted by Crippen LogP contribution is -2.23. The molecule has 2 aromatic carbocycles. The molecule has 0 amide bonds. The zero-order chi connectivity index (χ0) is 21.0. The number of rotatable bonds is 6. The number of terminal acetylenes is 1. The molecular weight excluding hydrogens is 454 g/mol. The average molecular weight is 473 g/mol. The molecule has 0 saturated heterocycles. The second kappa shape index (κ2) is 9.25. The van der Waals surface area contributed by atoms with E-state index in [4.69, 9.17) is 27.7 Å². The van der Waals surface area contributed by atoms with Crippen molar-refractivity contribution in [1.82, 2.24) is 9.66 Å². The molecule has 3 rings (SSSR count). The Morgan fingerprint density at radius 2 is 2.17 bits per heavy atom. The highest BCUT2D eigenvalue weighted by atomic mass is 79.9. The number of hydrogen-bond acceptors (Lipinski definition) is 4. The van der Waals surface area contributed by atoms with Gasteiger partial charge in [0.25, 0.3) is 5.56 Å². The Balaban J connectivity index is 2.17. The summed E-state index contributed by atoms with van der Waals surface area (Å²) in [5, 5.41) is 5.45. The summed E-state index contributed by atoms with van der Waals surface area (Å²) in [6.07, 6.45) is 7.64. The van der Waals surface area contributed by atoms with Crippen LogP contribution in [0, 0.1) is 12.3 Å². The van der Waals surface area contributed by atoms with E-state index in [2.05, 4.69) is 27.0 Å². The van der Waals surface area contributed by atoms with Crippen LogP contribution in [-0.4, -0.2) is 22.5 Å². The Morgan fingerprint density at radius 3 is 2.90 bits per heavy atom. The summed E-state index contributed by atoms with van der Waals surface area (Å²) >= 11 is 9.53. The summed E-state index contributed by atoms with van der Waals surface area (Å²) in [6, 6.07) is 10.6. The summed E-state index contributed by atoms with van der Waals surface area (Å²) in [6.45, 7) is 4.17. The van der Waals surface area contributed by atoms with Gasteiger partial charge in [0.1, 0.15) is 18.2 Å². The van der Waals surface area contributed by atoms with E-state index >= 15 is 0 Å². The molecule has 0 aliphatic heterocycles. The van der Waals surface area contributed by atoms with Crippen LogP contribution < -0.4 is 10.3 Å². The fourth-order valence-corrected chi connectivity index (χ4v) is 3.31. The van der Waals surface area contributed by atoms with Crippen LogP contribution in [0.4, 0.5) is 0 Å². The molecule has 0 spiro atoms. The predicted molar refractivity (Wildman–Crippen MR) is 121 cm³/mol. The average Bonchev–Trinajstić information content (AvgIpc) is 2.72. The van der Waals surface area contributed by atoms with Gasteiger partial charge in [-0.1, -0.05) is 47.3 Å². The van der Waals surface area contributed by atoms with Crippen molar-refractivity contribution in [2.24, 2.45) is 5.10 Å². The van der Waals surface area contributed by atoms with Gasteiger partial charge < -0.3 is 4.74 Å². The molecule has 0 bridgehead atoms. The first-order valence-electron chi connectivity index (χ1n) is 9.07. The molecule has 0 aliphatic rings. The normalized spacial score (nSPS) is 12.2. The fourth-order valence-electron chi connectivity index (χ4n) is 2.77. The van der Waals surface area contributed by atoms with E-state index in [0.717, 1.165) is 10.9 Å². The summed E-state index contributed by atoms with van der Waals surface area (Å²) in [5.41, 5.74) is 1.01. The first-order valence-corrected chi connectivity index (χ1v) is 10.2. The molecule has 5 nitrogen and oxygen atoms in total. The van der Waals surface area contributed by atoms with Crippen LogP contribution in [0.3, 0.4) is 0 Å². The number of hydrogen-bond donors (Lipinski definition) is 0. The predicted octanol–water partition coefficient (Wildman–Crippen LogP) is 5.22. The number of aromatic nitrogens is 2. The molecule has 1 aromatic heterocycles. The molecule has 0 fully saturated rings. The van der Waals surface area contributed by atoms with Crippen LogP contribution in [0.1, 0.15) is 37.6 Å². The Hall–Kier alpha value is -2.62. The van der Waals surface area contributed by atoms with Gasteiger partial charge in [0.15, 0.2) is 0 Å². The third kappa shape index (κ3) is 4.69. The molecule has 1 heterocycles. The highest BCUT2D eigenvalue weighted by Crippen LogP contribution is 2.23. The summed E-state index contributed by atoms with van der Waals surface area (Å²) in [7, 11) is 0. The van der Waals surface area contributed by atoms with E-state index in [9.17, 15) is 4.79 Å². The largest absolute Gasteiger partial charge is 0.480 e. The summed E-state index contributed by atoms with van der Waals surface area (Å²) in [5.74, 6) is 3.60. The lowest BCUT2D eigenvalue weighted by molar-refractivity contribution is 0.370. The van der Waals surface area contributed by atoms with Crippen LogP contribution in [0.5, 0.6) is 5.75 Å². The molecular formula is C22H19BrClN3O2. The van der Waals surface area contributed by atoms with Gasteiger partial charge >= 0.3 is 0 Å². The lowest BCUT2D eigenvalue weighted by Gasteiger charge is -2.14. The standard InChI is InChI=1S/C22H19BrClN3O2/c1-4-10-29-20-9-7-17(24)11-15(20)13-25-27-21(14(3)5-2)26-19-8-6-16(23)12-18(19)22(27)28/h1,6-9,11-14H,5,10H2,2-3H3/t14-/m1/s1. The quantitative estimate of drug-likeness (QED) is 0.365. The molecule has 29 heavy (non-hydrogen) atoms. The smallest absolute Gasteiger partial charge is 0.282 e. The van der Waals surface area contributed by atoms with E-state index in [-0.39, 0.29) is 18.1 Å². The van der Waals surface area contributed by atoms with Crippen LogP contribution in [0.2, 0.25) is 5.02 Å². The molecule has 0 unspecified atom stereocenters. The number of fused-ring (bicyclic) bond motifs is 1. The fraction of sp³-hybridized carbons (Fsp3) is 0.227. The Morgan fingerprint density at radius 1 is 1.38 bits per heavy atom. The van der Waals surface area contributed by atoms with Crippen molar-refractivity contribution in [2.75, 3.05) is 6.61 Å². The van der Waals surface area contributed by atoms with Crippen molar-refractivity contribution in [3.05, 3.63) is 67.6 Å². The van der Waals surface area contributed by atoms with Crippen molar-refractivity contribution < 1.29 is 4.74 Å². The molecule has 0 N–H and O–H groups in total. The molecule has 0 radical (unpaired) electrons. The van der Waals surface area contributed by atoms with Gasteiger partial charge in [0.05, 0.1) is 17.1 Å². The van der Waals surface area contributed by atoms with E-state index in [1.807, 2.05) is 26.0 Å². The van der Waals surface area contributed by atoms with Gasteiger partial charge in [0, 0.05) is 21.0 Å². The van der Waals surface area contributed by atoms with Crippen LogP contribution in [0.15, 0.2) is 50.8 Å². The monoisotopic (exact) mass is 471 g/mol. The second-order valence-corrected chi connectivity index (χ2v) is 7.83. The first-order chi connectivity index (χ1) is 13.9. The number of benzene rings is 2. The SMILES string of the molecule is C#CCOc1ccc(Cl)cc1C=Nn1c([C@H](C)CC)nc2ccc(Br)cc2c1=O. The molecule has 148 valence electrons. The van der Waals surface area contributed by atoms with Gasteiger partial charge in [-0.05, 0) is 42.8 Å². The Bertz CT molecular complexity index is 1180. The molecule has 7 heteroatoms. The highest BCUT2D eigenvalue weighted by molar-refractivity contribution is 9.10. The van der Waals surface area contributed by atoms with Gasteiger partial charge in [-0.3, -0.25) is 4.79 Å². The van der Waals surface area contributed by atoms with Gasteiger partial charge in [-0.15, -0.1) is 6.42 Å². The first kappa shape index (κ1) is 21.1. The number of ether oxygens (including phenoxy) is 1. The van der Waals surface area contributed by atoms with Gasteiger partial charge in [-0.25, -0.2) is 4.98 Å².